The standard InChI is InChI=1S/C54H55N4O.Pt/c1-51(2,3)36-20-23-41(24-21-36)58-46-33-40(54(10,11)37-18-13-12-14-19-37)31-43(49(46)57-50(58)44-29-38(52(4,5)6)22-25-47(44)59)35-17-15-16-34(28-35)42-30-39(53(7,8)9)32-45-48(42)56-27-26-55-45;/h12-27,29-33,59H,1-11H3;/q-1;. The van der Waals surface area contributed by atoms with E-state index in [1.165, 1.54) is 16.7 Å². The van der Waals surface area contributed by atoms with Gasteiger partial charge in [0.1, 0.15) is 11.6 Å². The maximum absolute atomic E-state index is 11.7. The van der Waals surface area contributed by atoms with Crippen LogP contribution >= 0.6 is 0 Å². The van der Waals surface area contributed by atoms with Crippen LogP contribution < -0.4 is 0 Å². The van der Waals surface area contributed by atoms with Crippen LogP contribution in [0.1, 0.15) is 104 Å². The minimum Gasteiger partial charge on any atom is -0.507 e. The maximum Gasteiger partial charge on any atom is 0.148 e. The molecule has 8 aromatic rings. The predicted octanol–water partition coefficient (Wildman–Crippen LogP) is 13.7. The first-order chi connectivity index (χ1) is 27.8. The summed E-state index contributed by atoms with van der Waals surface area (Å²) in [6.45, 7) is 24.6. The quantitative estimate of drug-likeness (QED) is 0.169. The first-order valence-electron chi connectivity index (χ1n) is 20.7. The molecule has 0 fully saturated rings. The third-order valence-electron chi connectivity index (χ3n) is 11.9. The Labute approximate surface area is 370 Å². The Morgan fingerprint density at radius 2 is 1.07 bits per heavy atom. The second kappa shape index (κ2) is 15.6. The Bertz CT molecular complexity index is 2850. The van der Waals surface area contributed by atoms with Crippen LogP contribution in [-0.2, 0) is 42.7 Å². The van der Waals surface area contributed by atoms with E-state index in [1.807, 2.05) is 12.1 Å². The zero-order valence-corrected chi connectivity index (χ0v) is 38.9. The van der Waals surface area contributed by atoms with Gasteiger partial charge in [0.15, 0.2) is 0 Å². The minimum absolute atomic E-state index is 0. The third-order valence-corrected chi connectivity index (χ3v) is 11.9. The van der Waals surface area contributed by atoms with Gasteiger partial charge in [-0.15, -0.1) is 35.4 Å². The zero-order chi connectivity index (χ0) is 42.1. The second-order valence-electron chi connectivity index (χ2n) is 19.6. The molecule has 0 saturated carbocycles. The van der Waals surface area contributed by atoms with Crippen molar-refractivity contribution in [2.24, 2.45) is 0 Å². The van der Waals surface area contributed by atoms with Gasteiger partial charge in [0.05, 0.1) is 27.6 Å². The fourth-order valence-electron chi connectivity index (χ4n) is 8.00. The molecule has 8 rings (SSSR count). The largest absolute Gasteiger partial charge is 0.507 e. The summed E-state index contributed by atoms with van der Waals surface area (Å²) < 4.78 is 2.23. The van der Waals surface area contributed by atoms with Gasteiger partial charge in [-0.25, -0.2) is 4.98 Å². The zero-order valence-electron chi connectivity index (χ0n) is 36.7. The third kappa shape index (κ3) is 7.97. The Hall–Kier alpha value is -5.38. The number of nitrogens with zero attached hydrogens (tertiary/aromatic N) is 4. The normalized spacial score (nSPS) is 12.5. The second-order valence-corrected chi connectivity index (χ2v) is 19.6. The monoisotopic (exact) mass is 970 g/mol. The summed E-state index contributed by atoms with van der Waals surface area (Å²) in [6, 6.07) is 44.6. The van der Waals surface area contributed by atoms with E-state index in [4.69, 9.17) is 15.0 Å². The van der Waals surface area contributed by atoms with Gasteiger partial charge in [0, 0.05) is 44.6 Å². The molecule has 308 valence electrons. The SMILES string of the molecule is CC(C)(C)c1ccc(-n2c(-c3cc(C(C)(C)C)ccc3O)nc3c(-c4[c-]c(-c5cc(C(C)(C)C)cc6nccnc56)ccc4)cc(C(C)(C)c4ccccc4)cc32)cc1.[Pt]. The molecule has 60 heavy (non-hydrogen) atoms. The molecule has 6 heteroatoms. The number of aromatic hydroxyl groups is 1. The van der Waals surface area contributed by atoms with Crippen molar-refractivity contribution in [3.8, 4) is 45.1 Å². The molecular weight excluding hydrogens is 916 g/mol. The predicted molar refractivity (Wildman–Crippen MR) is 246 cm³/mol. The van der Waals surface area contributed by atoms with Gasteiger partial charge in [0.2, 0.25) is 0 Å². The van der Waals surface area contributed by atoms with E-state index >= 15 is 0 Å². The van der Waals surface area contributed by atoms with Crippen LogP contribution in [0, 0.1) is 6.07 Å². The van der Waals surface area contributed by atoms with E-state index in [0.717, 1.165) is 61.1 Å². The summed E-state index contributed by atoms with van der Waals surface area (Å²) in [7, 11) is 0. The van der Waals surface area contributed by atoms with Crippen LogP contribution in [0.2, 0.25) is 0 Å². The number of hydrogen-bond acceptors (Lipinski definition) is 4. The Balaban J connectivity index is 0.00000544. The number of hydrogen-bond donors (Lipinski definition) is 1. The van der Waals surface area contributed by atoms with Crippen molar-refractivity contribution < 1.29 is 26.2 Å². The van der Waals surface area contributed by atoms with E-state index in [9.17, 15) is 5.11 Å². The average Bonchev–Trinajstić information content (AvgIpc) is 3.59. The van der Waals surface area contributed by atoms with Gasteiger partial charge in [-0.05, 0) is 80.5 Å². The van der Waals surface area contributed by atoms with E-state index in [1.54, 1.807) is 12.4 Å². The van der Waals surface area contributed by atoms with Gasteiger partial charge in [-0.3, -0.25) is 14.5 Å². The van der Waals surface area contributed by atoms with Crippen molar-refractivity contribution >= 4 is 22.1 Å². The molecular formula is C54H55N4OPt-. The molecule has 0 amide bonds. The van der Waals surface area contributed by atoms with Crippen molar-refractivity contribution in [1.82, 2.24) is 19.5 Å². The average molecular weight is 971 g/mol. The van der Waals surface area contributed by atoms with E-state index in [-0.39, 0.29) is 48.5 Å². The van der Waals surface area contributed by atoms with Crippen LogP contribution in [-0.4, -0.2) is 24.6 Å². The number of benzene rings is 6. The maximum atomic E-state index is 11.7. The summed E-state index contributed by atoms with van der Waals surface area (Å²) in [5, 5.41) is 11.7. The molecule has 0 radical (unpaired) electrons. The first-order valence-corrected chi connectivity index (χ1v) is 20.7. The van der Waals surface area contributed by atoms with Crippen LogP contribution in [0.15, 0.2) is 128 Å². The van der Waals surface area contributed by atoms with Crippen molar-refractivity contribution in [3.63, 3.8) is 0 Å². The summed E-state index contributed by atoms with van der Waals surface area (Å²) in [4.78, 5) is 15.1. The minimum atomic E-state index is -0.367. The van der Waals surface area contributed by atoms with Gasteiger partial charge in [-0.2, -0.15) is 0 Å². The molecule has 0 bridgehead atoms. The van der Waals surface area contributed by atoms with Crippen LogP contribution in [0.25, 0.3) is 61.4 Å². The Morgan fingerprint density at radius 3 is 1.70 bits per heavy atom. The van der Waals surface area contributed by atoms with E-state index in [2.05, 4.69) is 190 Å². The number of imidazole rings is 1. The molecule has 2 heterocycles. The van der Waals surface area contributed by atoms with Gasteiger partial charge >= 0.3 is 0 Å². The molecule has 6 aromatic carbocycles. The molecule has 0 unspecified atom stereocenters. The van der Waals surface area contributed by atoms with Crippen molar-refractivity contribution in [3.05, 3.63) is 162 Å². The number of fused-ring (bicyclic) bond motifs is 2. The van der Waals surface area contributed by atoms with E-state index in [0.29, 0.717) is 11.4 Å². The number of phenols is 1. The van der Waals surface area contributed by atoms with Crippen LogP contribution in [0.3, 0.4) is 0 Å². The first kappa shape index (κ1) is 42.7. The fraction of sp³-hybridized carbons (Fsp3) is 0.278. The summed E-state index contributed by atoms with van der Waals surface area (Å²) in [5.74, 6) is 0.867. The molecule has 0 saturated heterocycles. The summed E-state index contributed by atoms with van der Waals surface area (Å²) >= 11 is 0. The molecule has 2 aromatic heterocycles. The van der Waals surface area contributed by atoms with Crippen LogP contribution in [0.5, 0.6) is 5.75 Å². The van der Waals surface area contributed by atoms with Gasteiger partial charge in [-0.1, -0.05) is 148 Å². The summed E-state index contributed by atoms with van der Waals surface area (Å²) in [5.41, 5.74) is 14.2. The molecule has 0 aliphatic heterocycles. The van der Waals surface area contributed by atoms with Crippen molar-refractivity contribution in [2.45, 2.75) is 97.8 Å². The number of phenolic OH excluding ortho intramolecular Hbond substituents is 1. The van der Waals surface area contributed by atoms with Gasteiger partial charge < -0.3 is 5.11 Å². The van der Waals surface area contributed by atoms with Crippen molar-refractivity contribution in [1.29, 1.82) is 0 Å². The Kier molecular flexibility index (Phi) is 11.1. The smallest absolute Gasteiger partial charge is 0.148 e. The molecule has 0 aliphatic rings. The number of rotatable bonds is 6. The summed E-state index contributed by atoms with van der Waals surface area (Å²) in [6.07, 6.45) is 3.52. The van der Waals surface area contributed by atoms with Crippen molar-refractivity contribution in [2.75, 3.05) is 0 Å². The van der Waals surface area contributed by atoms with Gasteiger partial charge in [0.25, 0.3) is 0 Å². The molecule has 5 nitrogen and oxygen atoms in total. The molecule has 0 atom stereocenters. The number of aromatic nitrogens is 4. The van der Waals surface area contributed by atoms with E-state index < -0.39 is 0 Å². The fourth-order valence-corrected chi connectivity index (χ4v) is 8.00. The Morgan fingerprint density at radius 1 is 0.500 bits per heavy atom. The topological polar surface area (TPSA) is 63.8 Å². The molecule has 1 N–H and O–H groups in total. The molecule has 0 spiro atoms. The molecule has 0 aliphatic carbocycles. The van der Waals surface area contributed by atoms with Crippen LogP contribution in [0.4, 0.5) is 0 Å².